The van der Waals surface area contributed by atoms with Gasteiger partial charge in [-0.3, -0.25) is 9.67 Å². The molecule has 7 heteroatoms. The van der Waals surface area contributed by atoms with Gasteiger partial charge in [0.1, 0.15) is 0 Å². The Bertz CT molecular complexity index is 732. The predicted octanol–water partition coefficient (Wildman–Crippen LogP) is 2.53. The van der Waals surface area contributed by atoms with E-state index in [0.717, 1.165) is 12.1 Å². The van der Waals surface area contributed by atoms with E-state index in [0.29, 0.717) is 27.9 Å². The largest absolute Gasteiger partial charge is 0.416 e. The number of aliphatic imine (C=N–C) groups is 1. The SMILES string of the molecule is Cn1cc(-c2cc(C(F)(F)F)cc3c2C=NC3)c(CO)n1. The molecule has 110 valence electrons. The van der Waals surface area contributed by atoms with Gasteiger partial charge in [-0.05, 0) is 23.3 Å². The molecule has 2 heterocycles. The number of aliphatic hydroxyl groups excluding tert-OH is 1. The van der Waals surface area contributed by atoms with Crippen molar-refractivity contribution in [3.8, 4) is 11.1 Å². The van der Waals surface area contributed by atoms with Gasteiger partial charge in [-0.1, -0.05) is 0 Å². The summed E-state index contributed by atoms with van der Waals surface area (Å²) in [6, 6.07) is 2.22. The Morgan fingerprint density at radius 2 is 2.05 bits per heavy atom. The molecule has 0 saturated heterocycles. The fourth-order valence-electron chi connectivity index (χ4n) is 2.49. The van der Waals surface area contributed by atoms with E-state index in [1.165, 1.54) is 4.68 Å². The quantitative estimate of drug-likeness (QED) is 0.925. The van der Waals surface area contributed by atoms with Gasteiger partial charge in [-0.25, -0.2) is 0 Å². The standard InChI is InChI=1S/C14H12F3N3O/c1-20-6-12(13(7-21)19-20)10-3-9(14(15,16)17)2-8-4-18-5-11(8)10/h2-3,5-6,21H,4,7H2,1H3. The first-order chi connectivity index (χ1) is 9.90. The van der Waals surface area contributed by atoms with Gasteiger partial charge in [-0.2, -0.15) is 18.3 Å². The van der Waals surface area contributed by atoms with Crippen molar-refractivity contribution in [1.29, 1.82) is 0 Å². The van der Waals surface area contributed by atoms with Crippen LogP contribution < -0.4 is 0 Å². The monoisotopic (exact) mass is 295 g/mol. The van der Waals surface area contributed by atoms with Crippen LogP contribution in [0.1, 0.15) is 22.4 Å². The van der Waals surface area contributed by atoms with Gasteiger partial charge in [0.25, 0.3) is 0 Å². The van der Waals surface area contributed by atoms with Crippen molar-refractivity contribution in [3.05, 3.63) is 40.7 Å². The molecule has 0 aliphatic carbocycles. The highest BCUT2D eigenvalue weighted by Gasteiger charge is 2.33. The molecular formula is C14H12F3N3O. The molecule has 4 nitrogen and oxygen atoms in total. The highest BCUT2D eigenvalue weighted by molar-refractivity contribution is 5.94. The molecule has 0 saturated carbocycles. The summed E-state index contributed by atoms with van der Waals surface area (Å²) in [6.45, 7) is -0.0979. The van der Waals surface area contributed by atoms with Gasteiger partial charge in [0.15, 0.2) is 0 Å². The third kappa shape index (κ3) is 2.33. The normalized spacial score (nSPS) is 13.8. The van der Waals surface area contributed by atoms with Crippen LogP contribution in [0.2, 0.25) is 0 Å². The van der Waals surface area contributed by atoms with Crippen LogP contribution in [-0.4, -0.2) is 21.1 Å². The van der Waals surface area contributed by atoms with Gasteiger partial charge in [0.2, 0.25) is 0 Å². The zero-order chi connectivity index (χ0) is 15.2. The first kappa shape index (κ1) is 13.8. The lowest BCUT2D eigenvalue weighted by Gasteiger charge is -2.13. The van der Waals surface area contributed by atoms with E-state index in [4.69, 9.17) is 0 Å². The number of aryl methyl sites for hydroxylation is 1. The maximum atomic E-state index is 13.0. The smallest absolute Gasteiger partial charge is 0.390 e. The highest BCUT2D eigenvalue weighted by Crippen LogP contribution is 2.37. The van der Waals surface area contributed by atoms with Crippen LogP contribution in [0.5, 0.6) is 0 Å². The molecule has 1 aliphatic heterocycles. The number of halogens is 3. The molecule has 1 aliphatic rings. The third-order valence-corrected chi connectivity index (χ3v) is 3.42. The molecule has 1 aromatic carbocycles. The number of aromatic nitrogens is 2. The number of fused-ring (bicyclic) bond motifs is 1. The number of aliphatic hydroxyl groups is 1. The Balaban J connectivity index is 2.26. The Morgan fingerprint density at radius 1 is 1.29 bits per heavy atom. The average molecular weight is 295 g/mol. The van der Waals surface area contributed by atoms with E-state index in [9.17, 15) is 18.3 Å². The number of hydrogen-bond acceptors (Lipinski definition) is 3. The van der Waals surface area contributed by atoms with E-state index in [-0.39, 0.29) is 13.2 Å². The topological polar surface area (TPSA) is 50.4 Å². The summed E-state index contributed by atoms with van der Waals surface area (Å²) in [5, 5.41) is 13.4. The lowest BCUT2D eigenvalue weighted by atomic mass is 9.94. The lowest BCUT2D eigenvalue weighted by molar-refractivity contribution is -0.137. The van der Waals surface area contributed by atoms with Gasteiger partial charge >= 0.3 is 6.18 Å². The fraction of sp³-hybridized carbons (Fsp3) is 0.286. The Hall–Kier alpha value is -2.15. The first-order valence-corrected chi connectivity index (χ1v) is 6.28. The van der Waals surface area contributed by atoms with Crippen molar-refractivity contribution in [2.75, 3.05) is 0 Å². The molecule has 0 bridgehead atoms. The summed E-state index contributed by atoms with van der Waals surface area (Å²) in [4.78, 5) is 4.04. The minimum absolute atomic E-state index is 0.237. The second kappa shape index (κ2) is 4.70. The van der Waals surface area contributed by atoms with E-state index in [1.54, 1.807) is 19.5 Å². The average Bonchev–Trinajstić information content (AvgIpc) is 3.01. The first-order valence-electron chi connectivity index (χ1n) is 6.28. The Kier molecular flexibility index (Phi) is 3.09. The molecule has 0 fully saturated rings. The summed E-state index contributed by atoms with van der Waals surface area (Å²) >= 11 is 0. The van der Waals surface area contributed by atoms with Gasteiger partial charge in [0, 0.05) is 30.6 Å². The molecule has 2 aromatic rings. The maximum Gasteiger partial charge on any atom is 0.416 e. The van der Waals surface area contributed by atoms with E-state index < -0.39 is 11.7 Å². The summed E-state index contributed by atoms with van der Waals surface area (Å²) in [7, 11) is 1.66. The van der Waals surface area contributed by atoms with Crippen molar-refractivity contribution >= 4 is 6.21 Å². The molecule has 21 heavy (non-hydrogen) atoms. The zero-order valence-electron chi connectivity index (χ0n) is 11.1. The molecule has 0 radical (unpaired) electrons. The minimum Gasteiger partial charge on any atom is -0.390 e. The molecule has 1 N–H and O–H groups in total. The molecule has 1 aromatic heterocycles. The summed E-state index contributed by atoms with van der Waals surface area (Å²) in [5.74, 6) is 0. The van der Waals surface area contributed by atoms with Crippen LogP contribution in [0.4, 0.5) is 13.2 Å². The summed E-state index contributed by atoms with van der Waals surface area (Å²) < 4.78 is 40.6. The van der Waals surface area contributed by atoms with Crippen LogP contribution in [0.15, 0.2) is 23.3 Å². The Labute approximate surface area is 118 Å². The van der Waals surface area contributed by atoms with E-state index in [1.807, 2.05) is 0 Å². The molecule has 0 unspecified atom stereocenters. The van der Waals surface area contributed by atoms with Crippen LogP contribution in [0, 0.1) is 0 Å². The number of rotatable bonds is 2. The number of hydrogen-bond donors (Lipinski definition) is 1. The second-order valence-electron chi connectivity index (χ2n) is 4.89. The van der Waals surface area contributed by atoms with Crippen LogP contribution in [0.3, 0.4) is 0 Å². The van der Waals surface area contributed by atoms with Gasteiger partial charge in [0.05, 0.1) is 24.4 Å². The van der Waals surface area contributed by atoms with E-state index >= 15 is 0 Å². The van der Waals surface area contributed by atoms with Crippen molar-refractivity contribution in [2.24, 2.45) is 12.0 Å². The second-order valence-corrected chi connectivity index (χ2v) is 4.89. The van der Waals surface area contributed by atoms with Crippen molar-refractivity contribution in [1.82, 2.24) is 9.78 Å². The van der Waals surface area contributed by atoms with Crippen molar-refractivity contribution < 1.29 is 18.3 Å². The van der Waals surface area contributed by atoms with Crippen molar-refractivity contribution in [2.45, 2.75) is 19.3 Å². The predicted molar refractivity (Wildman–Crippen MR) is 70.9 cm³/mol. The summed E-state index contributed by atoms with van der Waals surface area (Å²) in [6.07, 6.45) is -1.25. The van der Waals surface area contributed by atoms with Crippen molar-refractivity contribution in [3.63, 3.8) is 0 Å². The molecule has 0 atom stereocenters. The summed E-state index contributed by atoms with van der Waals surface area (Å²) in [5.41, 5.74) is 1.72. The van der Waals surface area contributed by atoms with Crippen LogP contribution in [0.25, 0.3) is 11.1 Å². The maximum absolute atomic E-state index is 13.0. The van der Waals surface area contributed by atoms with E-state index in [2.05, 4.69) is 10.1 Å². The van der Waals surface area contributed by atoms with Crippen LogP contribution in [-0.2, 0) is 26.4 Å². The van der Waals surface area contributed by atoms with Crippen LogP contribution >= 0.6 is 0 Å². The molecular weight excluding hydrogens is 283 g/mol. The van der Waals surface area contributed by atoms with Gasteiger partial charge < -0.3 is 5.11 Å². The molecule has 0 amide bonds. The zero-order valence-corrected chi connectivity index (χ0v) is 11.1. The fourth-order valence-corrected chi connectivity index (χ4v) is 2.49. The van der Waals surface area contributed by atoms with Gasteiger partial charge in [-0.15, -0.1) is 0 Å². The molecule has 0 spiro atoms. The lowest BCUT2D eigenvalue weighted by Crippen LogP contribution is -2.07. The minimum atomic E-state index is -4.42. The third-order valence-electron chi connectivity index (χ3n) is 3.42. The Morgan fingerprint density at radius 3 is 2.71 bits per heavy atom. The highest BCUT2D eigenvalue weighted by atomic mass is 19.4. The number of benzene rings is 1. The molecule has 3 rings (SSSR count). The number of nitrogens with zero attached hydrogens (tertiary/aromatic N) is 3. The number of alkyl halides is 3.